The Morgan fingerprint density at radius 2 is 1.71 bits per heavy atom. The van der Waals surface area contributed by atoms with Crippen molar-refractivity contribution in [1.82, 2.24) is 0 Å². The Balaban J connectivity index is 2.86. The maximum atomic E-state index is 5.67. The van der Waals surface area contributed by atoms with Crippen molar-refractivity contribution in [2.45, 2.75) is 52.9 Å². The summed E-state index contributed by atoms with van der Waals surface area (Å²) < 4.78 is 0. The molecule has 0 fully saturated rings. The molecule has 0 aliphatic heterocycles. The fourth-order valence-electron chi connectivity index (χ4n) is 2.18. The molecule has 17 heavy (non-hydrogen) atoms. The predicted molar refractivity (Wildman–Crippen MR) is 76.3 cm³/mol. The Kier molecular flexibility index (Phi) is 4.37. The first-order valence-electron chi connectivity index (χ1n) is 6.54. The van der Waals surface area contributed by atoms with E-state index in [0.29, 0.717) is 5.41 Å². The van der Waals surface area contributed by atoms with E-state index in [1.54, 1.807) is 0 Å². The van der Waals surface area contributed by atoms with Crippen LogP contribution in [0.5, 0.6) is 0 Å². The van der Waals surface area contributed by atoms with Crippen LogP contribution in [0.25, 0.3) is 0 Å². The van der Waals surface area contributed by atoms with Gasteiger partial charge >= 0.3 is 0 Å². The van der Waals surface area contributed by atoms with Gasteiger partial charge in [0.25, 0.3) is 0 Å². The Labute approximate surface area is 106 Å². The zero-order chi connectivity index (χ0) is 13.1. The van der Waals surface area contributed by atoms with Crippen LogP contribution < -0.4 is 5.73 Å². The number of benzene rings is 1. The lowest BCUT2D eigenvalue weighted by Gasteiger charge is -2.25. The Morgan fingerprint density at radius 1 is 1.06 bits per heavy atom. The van der Waals surface area contributed by atoms with Crippen molar-refractivity contribution in [1.29, 1.82) is 0 Å². The lowest BCUT2D eigenvalue weighted by molar-refractivity contribution is 0.338. The standard InChI is InChI=1S/C16H27N/c1-15(2,3)14-8-6-7-13(11-14)12-16(4,5)9-10-17/h6-8,11H,9-10,12,17H2,1-5H3. The molecule has 0 aromatic heterocycles. The molecule has 2 N–H and O–H groups in total. The van der Waals surface area contributed by atoms with Gasteiger partial charge in [0, 0.05) is 0 Å². The van der Waals surface area contributed by atoms with Gasteiger partial charge in [-0.25, -0.2) is 0 Å². The van der Waals surface area contributed by atoms with Gasteiger partial charge in [0.05, 0.1) is 0 Å². The second kappa shape index (κ2) is 5.22. The normalized spacial score (nSPS) is 12.8. The van der Waals surface area contributed by atoms with Crippen molar-refractivity contribution in [2.24, 2.45) is 11.1 Å². The van der Waals surface area contributed by atoms with Crippen LogP contribution in [-0.2, 0) is 11.8 Å². The van der Waals surface area contributed by atoms with E-state index in [1.807, 2.05) is 0 Å². The Bertz CT molecular complexity index is 358. The summed E-state index contributed by atoms with van der Waals surface area (Å²) in [6, 6.07) is 8.97. The summed E-state index contributed by atoms with van der Waals surface area (Å²) in [6.07, 6.45) is 2.18. The highest BCUT2D eigenvalue weighted by atomic mass is 14.5. The van der Waals surface area contributed by atoms with Crippen molar-refractivity contribution in [3.8, 4) is 0 Å². The molecule has 0 aliphatic rings. The third kappa shape index (κ3) is 4.51. The molecule has 0 bridgehead atoms. The molecule has 0 atom stereocenters. The quantitative estimate of drug-likeness (QED) is 0.838. The minimum atomic E-state index is 0.230. The molecule has 96 valence electrons. The Hall–Kier alpha value is -0.820. The second-order valence-electron chi connectivity index (χ2n) is 6.83. The third-order valence-corrected chi connectivity index (χ3v) is 3.30. The zero-order valence-electron chi connectivity index (χ0n) is 12.0. The molecule has 1 rings (SSSR count). The van der Waals surface area contributed by atoms with Crippen LogP contribution in [0.15, 0.2) is 24.3 Å². The van der Waals surface area contributed by atoms with E-state index >= 15 is 0 Å². The van der Waals surface area contributed by atoms with Gasteiger partial charge < -0.3 is 5.73 Å². The van der Waals surface area contributed by atoms with Gasteiger partial charge in [-0.3, -0.25) is 0 Å². The summed E-state index contributed by atoms with van der Waals surface area (Å²) in [5, 5.41) is 0. The van der Waals surface area contributed by atoms with E-state index < -0.39 is 0 Å². The maximum absolute atomic E-state index is 5.67. The number of nitrogens with two attached hydrogens (primary N) is 1. The summed E-state index contributed by atoms with van der Waals surface area (Å²) in [7, 11) is 0. The smallest absolute Gasteiger partial charge is 0.00721 e. The topological polar surface area (TPSA) is 26.0 Å². The summed E-state index contributed by atoms with van der Waals surface area (Å²) >= 11 is 0. The van der Waals surface area contributed by atoms with Gasteiger partial charge in [-0.2, -0.15) is 0 Å². The molecule has 0 saturated carbocycles. The van der Waals surface area contributed by atoms with E-state index in [2.05, 4.69) is 58.9 Å². The van der Waals surface area contributed by atoms with Gasteiger partial charge in [-0.15, -0.1) is 0 Å². The van der Waals surface area contributed by atoms with E-state index in [9.17, 15) is 0 Å². The van der Waals surface area contributed by atoms with Gasteiger partial charge in [-0.05, 0) is 41.3 Å². The number of hydrogen-bond donors (Lipinski definition) is 1. The molecule has 1 aromatic rings. The molecule has 0 aliphatic carbocycles. The van der Waals surface area contributed by atoms with Crippen LogP contribution in [0, 0.1) is 5.41 Å². The van der Waals surface area contributed by atoms with Gasteiger partial charge in [0.15, 0.2) is 0 Å². The van der Waals surface area contributed by atoms with Crippen LogP contribution in [0.1, 0.15) is 52.2 Å². The molecule has 0 saturated heterocycles. The first-order valence-corrected chi connectivity index (χ1v) is 6.54. The fourth-order valence-corrected chi connectivity index (χ4v) is 2.18. The van der Waals surface area contributed by atoms with Crippen LogP contribution >= 0.6 is 0 Å². The molecule has 0 spiro atoms. The van der Waals surface area contributed by atoms with Crippen molar-refractivity contribution in [2.75, 3.05) is 6.54 Å². The maximum Gasteiger partial charge on any atom is -0.00721 e. The number of hydrogen-bond acceptors (Lipinski definition) is 1. The number of rotatable bonds is 4. The minimum absolute atomic E-state index is 0.230. The van der Waals surface area contributed by atoms with Crippen molar-refractivity contribution in [3.63, 3.8) is 0 Å². The fraction of sp³-hybridized carbons (Fsp3) is 0.625. The second-order valence-corrected chi connectivity index (χ2v) is 6.83. The molecule has 0 unspecified atom stereocenters. The molecular weight excluding hydrogens is 206 g/mol. The average molecular weight is 233 g/mol. The van der Waals surface area contributed by atoms with Crippen LogP contribution in [-0.4, -0.2) is 6.54 Å². The summed E-state index contributed by atoms with van der Waals surface area (Å²) in [6.45, 7) is 12.1. The lowest BCUT2D eigenvalue weighted by Crippen LogP contribution is -2.20. The SMILES string of the molecule is CC(C)(CCN)Cc1cccc(C(C)(C)C)c1. The minimum Gasteiger partial charge on any atom is -0.330 e. The van der Waals surface area contributed by atoms with Gasteiger partial charge in [-0.1, -0.05) is 58.9 Å². The predicted octanol–water partition coefficient (Wildman–Crippen LogP) is 3.90. The van der Waals surface area contributed by atoms with Gasteiger partial charge in [0.2, 0.25) is 0 Å². The van der Waals surface area contributed by atoms with E-state index in [-0.39, 0.29) is 5.41 Å². The van der Waals surface area contributed by atoms with Crippen LogP contribution in [0.3, 0.4) is 0 Å². The molecule has 0 heterocycles. The monoisotopic (exact) mass is 233 g/mol. The summed E-state index contributed by atoms with van der Waals surface area (Å²) in [5.74, 6) is 0. The lowest BCUT2D eigenvalue weighted by atomic mass is 9.80. The Morgan fingerprint density at radius 3 is 2.24 bits per heavy atom. The third-order valence-electron chi connectivity index (χ3n) is 3.30. The van der Waals surface area contributed by atoms with E-state index in [4.69, 9.17) is 5.73 Å². The molecule has 1 nitrogen and oxygen atoms in total. The highest BCUT2D eigenvalue weighted by Crippen LogP contribution is 2.28. The van der Waals surface area contributed by atoms with E-state index in [0.717, 1.165) is 19.4 Å². The van der Waals surface area contributed by atoms with Crippen molar-refractivity contribution in [3.05, 3.63) is 35.4 Å². The molecule has 1 aromatic carbocycles. The van der Waals surface area contributed by atoms with Crippen molar-refractivity contribution >= 4 is 0 Å². The molecule has 0 radical (unpaired) electrons. The average Bonchev–Trinajstić information content (AvgIpc) is 2.15. The first kappa shape index (κ1) is 14.2. The van der Waals surface area contributed by atoms with Crippen LogP contribution in [0.4, 0.5) is 0 Å². The van der Waals surface area contributed by atoms with E-state index in [1.165, 1.54) is 11.1 Å². The highest BCUT2D eigenvalue weighted by Gasteiger charge is 2.19. The van der Waals surface area contributed by atoms with Crippen molar-refractivity contribution < 1.29 is 0 Å². The molecular formula is C16H27N. The molecule has 1 heteroatoms. The first-order chi connectivity index (χ1) is 7.74. The molecule has 0 amide bonds. The zero-order valence-corrected chi connectivity index (χ0v) is 12.0. The summed E-state index contributed by atoms with van der Waals surface area (Å²) in [4.78, 5) is 0. The largest absolute Gasteiger partial charge is 0.330 e. The van der Waals surface area contributed by atoms with Gasteiger partial charge in [0.1, 0.15) is 0 Å². The summed E-state index contributed by atoms with van der Waals surface area (Å²) in [5.41, 5.74) is 9.04. The highest BCUT2D eigenvalue weighted by molar-refractivity contribution is 5.29. The van der Waals surface area contributed by atoms with Crippen LogP contribution in [0.2, 0.25) is 0 Å².